The Kier molecular flexibility index (Phi) is 4.74. The number of methoxy groups -OCH3 is 1. The molecule has 7 nitrogen and oxygen atoms in total. The Bertz CT molecular complexity index is 1230. The molecule has 0 aromatic heterocycles. The minimum Gasteiger partial charge on any atom is -0.496 e. The molecule has 0 amide bonds. The molecule has 0 N–H and O–H groups in total. The van der Waals surface area contributed by atoms with Crippen molar-refractivity contribution in [1.82, 2.24) is 0 Å². The van der Waals surface area contributed by atoms with Crippen LogP contribution in [0.15, 0.2) is 65.3 Å². The number of esters is 1. The number of halogens is 1. The average molecular weight is 409 g/mol. The van der Waals surface area contributed by atoms with Crippen LogP contribution in [-0.4, -0.2) is 23.9 Å². The van der Waals surface area contributed by atoms with E-state index in [1.165, 1.54) is 18.2 Å². The number of carbonyl (C=O) groups is 1. The summed E-state index contributed by atoms with van der Waals surface area (Å²) in [5, 5.41) is 13.0. The normalized spacial score (nSPS) is 14.8. The van der Waals surface area contributed by atoms with Gasteiger partial charge in [-0.2, -0.15) is 0 Å². The van der Waals surface area contributed by atoms with Crippen molar-refractivity contribution < 1.29 is 19.2 Å². The average Bonchev–Trinajstić information content (AvgIpc) is 3.08. The second kappa shape index (κ2) is 7.37. The Hall–Kier alpha value is -3.71. The summed E-state index contributed by atoms with van der Waals surface area (Å²) in [6.45, 7) is 0. The van der Waals surface area contributed by atoms with Gasteiger partial charge in [0, 0.05) is 17.2 Å². The topological polar surface area (TPSA) is 91.0 Å². The Balaban J connectivity index is 1.81. The molecule has 144 valence electrons. The van der Waals surface area contributed by atoms with Crippen LogP contribution in [0.5, 0.6) is 5.75 Å². The molecule has 29 heavy (non-hydrogen) atoms. The highest BCUT2D eigenvalue weighted by molar-refractivity contribution is 6.32. The van der Waals surface area contributed by atoms with Gasteiger partial charge in [-0.15, -0.1) is 0 Å². The Morgan fingerprint density at radius 2 is 1.97 bits per heavy atom. The van der Waals surface area contributed by atoms with Crippen molar-refractivity contribution >= 4 is 46.0 Å². The SMILES string of the molecule is COc1ccc2ccccc2c1/C=C1/N=C(c2ccc(Cl)c([N+](=O)[O-])c2)OC1=O. The van der Waals surface area contributed by atoms with E-state index in [9.17, 15) is 14.9 Å². The maximum atomic E-state index is 12.4. The molecule has 0 aliphatic carbocycles. The first-order valence-corrected chi connectivity index (χ1v) is 8.88. The molecule has 0 radical (unpaired) electrons. The number of cyclic esters (lactones) is 1. The van der Waals surface area contributed by atoms with Crippen LogP contribution in [0, 0.1) is 10.1 Å². The van der Waals surface area contributed by atoms with Crippen LogP contribution in [-0.2, 0) is 9.53 Å². The zero-order chi connectivity index (χ0) is 20.5. The van der Waals surface area contributed by atoms with Crippen LogP contribution in [0.4, 0.5) is 5.69 Å². The largest absolute Gasteiger partial charge is 0.496 e. The molecule has 1 aliphatic rings. The van der Waals surface area contributed by atoms with E-state index in [-0.39, 0.29) is 27.9 Å². The number of ether oxygens (including phenoxy) is 2. The van der Waals surface area contributed by atoms with Crippen LogP contribution in [0.3, 0.4) is 0 Å². The van der Waals surface area contributed by atoms with Gasteiger partial charge in [-0.1, -0.05) is 41.9 Å². The van der Waals surface area contributed by atoms with Crippen molar-refractivity contribution in [3.8, 4) is 5.75 Å². The van der Waals surface area contributed by atoms with E-state index < -0.39 is 10.9 Å². The maximum absolute atomic E-state index is 12.4. The van der Waals surface area contributed by atoms with E-state index in [1.54, 1.807) is 13.2 Å². The Morgan fingerprint density at radius 1 is 1.17 bits per heavy atom. The van der Waals surface area contributed by atoms with Gasteiger partial charge in [0.1, 0.15) is 10.8 Å². The summed E-state index contributed by atoms with van der Waals surface area (Å²) in [5.74, 6) is -0.109. The van der Waals surface area contributed by atoms with Gasteiger partial charge in [0.25, 0.3) is 5.69 Å². The molecular formula is C21H13ClN2O5. The second-order valence-electron chi connectivity index (χ2n) is 6.16. The van der Waals surface area contributed by atoms with Gasteiger partial charge in [0.15, 0.2) is 5.70 Å². The number of nitro benzene ring substituents is 1. The molecule has 0 spiro atoms. The van der Waals surface area contributed by atoms with Crippen molar-refractivity contribution in [2.75, 3.05) is 7.11 Å². The number of carbonyl (C=O) groups excluding carboxylic acids is 1. The molecule has 0 atom stereocenters. The summed E-state index contributed by atoms with van der Waals surface area (Å²) in [6.07, 6.45) is 1.58. The molecular weight excluding hydrogens is 396 g/mol. The molecule has 0 unspecified atom stereocenters. The third-order valence-corrected chi connectivity index (χ3v) is 4.76. The van der Waals surface area contributed by atoms with Crippen molar-refractivity contribution in [1.29, 1.82) is 0 Å². The lowest BCUT2D eigenvalue weighted by Crippen LogP contribution is -2.06. The zero-order valence-corrected chi connectivity index (χ0v) is 15.8. The third-order valence-electron chi connectivity index (χ3n) is 4.44. The van der Waals surface area contributed by atoms with Crippen LogP contribution < -0.4 is 4.74 Å². The highest BCUT2D eigenvalue weighted by Gasteiger charge is 2.26. The molecule has 1 heterocycles. The number of hydrogen-bond donors (Lipinski definition) is 0. The van der Waals surface area contributed by atoms with E-state index in [1.807, 2.05) is 36.4 Å². The number of fused-ring (bicyclic) bond motifs is 1. The number of rotatable bonds is 4. The number of nitrogens with zero attached hydrogens (tertiary/aromatic N) is 2. The molecule has 0 saturated carbocycles. The molecule has 0 fully saturated rings. The number of hydrogen-bond acceptors (Lipinski definition) is 6. The molecule has 3 aromatic carbocycles. The summed E-state index contributed by atoms with van der Waals surface area (Å²) in [5.41, 5.74) is 0.732. The zero-order valence-electron chi connectivity index (χ0n) is 15.1. The van der Waals surface area contributed by atoms with Crippen molar-refractivity contribution in [3.63, 3.8) is 0 Å². The van der Waals surface area contributed by atoms with E-state index in [4.69, 9.17) is 21.1 Å². The van der Waals surface area contributed by atoms with Gasteiger partial charge in [0.05, 0.1) is 12.0 Å². The van der Waals surface area contributed by atoms with Crippen molar-refractivity contribution in [2.45, 2.75) is 0 Å². The van der Waals surface area contributed by atoms with E-state index in [0.29, 0.717) is 11.3 Å². The monoisotopic (exact) mass is 408 g/mol. The van der Waals surface area contributed by atoms with Gasteiger partial charge in [-0.05, 0) is 35.0 Å². The van der Waals surface area contributed by atoms with Gasteiger partial charge in [-0.25, -0.2) is 9.79 Å². The highest BCUT2D eigenvalue weighted by Crippen LogP contribution is 2.32. The lowest BCUT2D eigenvalue weighted by molar-refractivity contribution is -0.384. The fourth-order valence-electron chi connectivity index (χ4n) is 3.06. The van der Waals surface area contributed by atoms with E-state index in [2.05, 4.69) is 4.99 Å². The molecule has 0 bridgehead atoms. The fraction of sp³-hybridized carbons (Fsp3) is 0.0476. The third kappa shape index (κ3) is 3.43. The standard InChI is InChI=1S/C21H13ClN2O5/c1-28-19-9-7-12-4-2-3-5-14(12)15(19)11-17-21(25)29-20(23-17)13-6-8-16(22)18(10-13)24(26)27/h2-11H,1H3/b17-11+. The quantitative estimate of drug-likeness (QED) is 0.269. The van der Waals surface area contributed by atoms with Gasteiger partial charge < -0.3 is 9.47 Å². The van der Waals surface area contributed by atoms with Gasteiger partial charge >= 0.3 is 5.97 Å². The van der Waals surface area contributed by atoms with Crippen LogP contribution in [0.1, 0.15) is 11.1 Å². The minimum absolute atomic E-state index is 0.0140. The molecule has 3 aromatic rings. The van der Waals surface area contributed by atoms with Gasteiger partial charge in [0.2, 0.25) is 5.90 Å². The first kappa shape index (κ1) is 18.6. The van der Waals surface area contributed by atoms with Crippen LogP contribution in [0.2, 0.25) is 5.02 Å². The fourth-order valence-corrected chi connectivity index (χ4v) is 3.24. The van der Waals surface area contributed by atoms with Crippen LogP contribution in [0.25, 0.3) is 16.8 Å². The minimum atomic E-state index is -0.660. The predicted molar refractivity (Wildman–Crippen MR) is 109 cm³/mol. The lowest BCUT2D eigenvalue weighted by atomic mass is 10.0. The summed E-state index contributed by atoms with van der Waals surface area (Å²) in [4.78, 5) is 27.1. The summed E-state index contributed by atoms with van der Waals surface area (Å²) >= 11 is 5.84. The smallest absolute Gasteiger partial charge is 0.363 e. The molecule has 0 saturated heterocycles. The second-order valence-corrected chi connectivity index (χ2v) is 6.57. The first-order valence-electron chi connectivity index (χ1n) is 8.50. The first-order chi connectivity index (χ1) is 14.0. The lowest BCUT2D eigenvalue weighted by Gasteiger charge is -2.08. The number of aliphatic imine (C=N–C) groups is 1. The summed E-state index contributed by atoms with van der Waals surface area (Å²) in [6, 6.07) is 15.5. The van der Waals surface area contributed by atoms with Crippen LogP contribution >= 0.6 is 11.6 Å². The van der Waals surface area contributed by atoms with Crippen molar-refractivity contribution in [3.05, 3.63) is 86.6 Å². The maximum Gasteiger partial charge on any atom is 0.363 e. The van der Waals surface area contributed by atoms with Crippen molar-refractivity contribution in [2.24, 2.45) is 4.99 Å². The Labute approximate surface area is 170 Å². The Morgan fingerprint density at radius 3 is 2.72 bits per heavy atom. The number of nitro groups is 1. The van der Waals surface area contributed by atoms with E-state index in [0.717, 1.165) is 10.8 Å². The predicted octanol–water partition coefficient (Wildman–Crippen LogP) is 4.75. The molecule has 4 rings (SSSR count). The van der Waals surface area contributed by atoms with Gasteiger partial charge in [-0.3, -0.25) is 10.1 Å². The molecule has 8 heteroatoms. The molecule has 1 aliphatic heterocycles. The summed E-state index contributed by atoms with van der Waals surface area (Å²) < 4.78 is 10.7. The number of benzene rings is 3. The summed E-state index contributed by atoms with van der Waals surface area (Å²) in [7, 11) is 1.54. The van der Waals surface area contributed by atoms with E-state index >= 15 is 0 Å². The highest BCUT2D eigenvalue weighted by atomic mass is 35.5.